The molecule has 2 rings (SSSR count). The smallest absolute Gasteiger partial charge is 0.293 e. The van der Waals surface area contributed by atoms with E-state index in [1.165, 1.54) is 6.42 Å². The summed E-state index contributed by atoms with van der Waals surface area (Å²) in [5.41, 5.74) is -0.490. The zero-order chi connectivity index (χ0) is 14.6. The highest BCUT2D eigenvalue weighted by Crippen LogP contribution is 2.33. The van der Waals surface area contributed by atoms with Gasteiger partial charge in [0.1, 0.15) is 0 Å². The molecule has 0 spiro atoms. The molecule has 20 heavy (non-hydrogen) atoms. The first-order valence-electron chi connectivity index (χ1n) is 7.55. The summed E-state index contributed by atoms with van der Waals surface area (Å²) in [7, 11) is 0. The van der Waals surface area contributed by atoms with Crippen LogP contribution in [0, 0.1) is 5.92 Å². The van der Waals surface area contributed by atoms with Crippen molar-refractivity contribution in [2.24, 2.45) is 5.92 Å². The van der Waals surface area contributed by atoms with E-state index in [1.807, 2.05) is 6.92 Å². The standard InChI is InChI=1S/C15H25N3O2/c1-3-8-18-9-7-16-13(14(18)20)17-15(11-19)6-4-5-12(2)10-15/h7,9,12,19H,3-6,8,10-11H2,1-2H3,(H,16,17). The fraction of sp³-hybridized carbons (Fsp3) is 0.733. The second-order valence-corrected chi connectivity index (χ2v) is 6.04. The number of rotatable bonds is 5. The molecule has 1 saturated carbocycles. The van der Waals surface area contributed by atoms with Gasteiger partial charge < -0.3 is 15.0 Å². The molecule has 0 saturated heterocycles. The number of hydrogen-bond acceptors (Lipinski definition) is 4. The molecule has 2 N–H and O–H groups in total. The normalized spacial score (nSPS) is 26.4. The van der Waals surface area contributed by atoms with Crippen molar-refractivity contribution in [1.82, 2.24) is 9.55 Å². The van der Waals surface area contributed by atoms with E-state index in [0.29, 0.717) is 18.3 Å². The van der Waals surface area contributed by atoms with Crippen molar-refractivity contribution in [1.29, 1.82) is 0 Å². The second kappa shape index (κ2) is 6.39. The van der Waals surface area contributed by atoms with E-state index in [9.17, 15) is 9.90 Å². The third kappa shape index (κ3) is 3.20. The van der Waals surface area contributed by atoms with Crippen molar-refractivity contribution in [2.75, 3.05) is 11.9 Å². The van der Waals surface area contributed by atoms with Gasteiger partial charge in [0.05, 0.1) is 12.1 Å². The number of anilines is 1. The van der Waals surface area contributed by atoms with Crippen molar-refractivity contribution in [3.63, 3.8) is 0 Å². The Morgan fingerprint density at radius 1 is 1.60 bits per heavy atom. The van der Waals surface area contributed by atoms with Gasteiger partial charge >= 0.3 is 0 Å². The molecule has 0 aliphatic heterocycles. The van der Waals surface area contributed by atoms with Crippen LogP contribution in [0.4, 0.5) is 5.82 Å². The summed E-state index contributed by atoms with van der Waals surface area (Å²) in [6.45, 7) is 4.97. The summed E-state index contributed by atoms with van der Waals surface area (Å²) in [6.07, 6.45) is 8.30. The van der Waals surface area contributed by atoms with Gasteiger partial charge in [-0.1, -0.05) is 26.7 Å². The van der Waals surface area contributed by atoms with Gasteiger partial charge in [-0.05, 0) is 25.2 Å². The molecule has 0 amide bonds. The Hall–Kier alpha value is -1.36. The number of aliphatic hydroxyl groups is 1. The van der Waals surface area contributed by atoms with Gasteiger partial charge in [0.15, 0.2) is 5.82 Å². The van der Waals surface area contributed by atoms with Gasteiger partial charge in [0, 0.05) is 18.9 Å². The fourth-order valence-electron chi connectivity index (χ4n) is 3.16. The average molecular weight is 279 g/mol. The number of aliphatic hydroxyl groups excluding tert-OH is 1. The minimum atomic E-state index is -0.394. The summed E-state index contributed by atoms with van der Waals surface area (Å²) < 4.78 is 1.67. The van der Waals surface area contributed by atoms with E-state index >= 15 is 0 Å². The predicted octanol–water partition coefficient (Wildman–Crippen LogP) is 2.01. The van der Waals surface area contributed by atoms with Gasteiger partial charge in [-0.25, -0.2) is 4.98 Å². The van der Waals surface area contributed by atoms with Crippen LogP contribution >= 0.6 is 0 Å². The lowest BCUT2D eigenvalue weighted by Gasteiger charge is -2.39. The van der Waals surface area contributed by atoms with E-state index in [2.05, 4.69) is 17.2 Å². The highest BCUT2D eigenvalue weighted by atomic mass is 16.3. The quantitative estimate of drug-likeness (QED) is 0.865. The Labute approximate surface area is 120 Å². The van der Waals surface area contributed by atoms with Crippen LogP contribution in [0.5, 0.6) is 0 Å². The molecule has 1 aromatic heterocycles. The molecule has 1 aliphatic rings. The molecule has 0 bridgehead atoms. The van der Waals surface area contributed by atoms with Crippen LogP contribution < -0.4 is 10.9 Å². The SMILES string of the molecule is CCCn1ccnc(NC2(CO)CCCC(C)C2)c1=O. The van der Waals surface area contributed by atoms with Crippen LogP contribution in [0.25, 0.3) is 0 Å². The largest absolute Gasteiger partial charge is 0.394 e. The van der Waals surface area contributed by atoms with Gasteiger partial charge in [0.2, 0.25) is 0 Å². The zero-order valence-electron chi connectivity index (χ0n) is 12.4. The Bertz CT molecular complexity index is 500. The summed E-state index contributed by atoms with van der Waals surface area (Å²) in [6, 6.07) is 0. The first-order chi connectivity index (χ1) is 9.60. The van der Waals surface area contributed by atoms with Crippen LogP contribution in [0.3, 0.4) is 0 Å². The Morgan fingerprint density at radius 3 is 3.05 bits per heavy atom. The van der Waals surface area contributed by atoms with Crippen molar-refractivity contribution >= 4 is 5.82 Å². The number of aryl methyl sites for hydroxylation is 1. The fourth-order valence-corrected chi connectivity index (χ4v) is 3.16. The lowest BCUT2D eigenvalue weighted by molar-refractivity contribution is 0.149. The van der Waals surface area contributed by atoms with Gasteiger partial charge in [-0.3, -0.25) is 4.79 Å². The summed E-state index contributed by atoms with van der Waals surface area (Å²) in [4.78, 5) is 16.5. The van der Waals surface area contributed by atoms with Crippen molar-refractivity contribution in [3.05, 3.63) is 22.7 Å². The molecule has 5 nitrogen and oxygen atoms in total. The van der Waals surface area contributed by atoms with Crippen LogP contribution in [0.15, 0.2) is 17.2 Å². The molecule has 5 heteroatoms. The molecule has 1 aromatic rings. The molecular weight excluding hydrogens is 254 g/mol. The molecule has 2 unspecified atom stereocenters. The van der Waals surface area contributed by atoms with Crippen LogP contribution in [0.1, 0.15) is 46.0 Å². The summed E-state index contributed by atoms with van der Waals surface area (Å²) >= 11 is 0. The maximum atomic E-state index is 12.3. The second-order valence-electron chi connectivity index (χ2n) is 6.04. The summed E-state index contributed by atoms with van der Waals surface area (Å²) in [5, 5.41) is 13.0. The molecular formula is C15H25N3O2. The Morgan fingerprint density at radius 2 is 2.40 bits per heavy atom. The average Bonchev–Trinajstić information content (AvgIpc) is 2.43. The molecule has 0 aromatic carbocycles. The molecule has 1 heterocycles. The first-order valence-corrected chi connectivity index (χ1v) is 7.55. The summed E-state index contributed by atoms with van der Waals surface area (Å²) in [5.74, 6) is 0.925. The highest BCUT2D eigenvalue weighted by molar-refractivity contribution is 5.35. The van der Waals surface area contributed by atoms with Gasteiger partial charge in [-0.15, -0.1) is 0 Å². The monoisotopic (exact) mass is 279 g/mol. The van der Waals surface area contributed by atoms with E-state index in [1.54, 1.807) is 17.0 Å². The van der Waals surface area contributed by atoms with Crippen LogP contribution in [-0.2, 0) is 6.54 Å². The zero-order valence-corrected chi connectivity index (χ0v) is 12.4. The van der Waals surface area contributed by atoms with E-state index in [-0.39, 0.29) is 12.2 Å². The Balaban J connectivity index is 2.23. The first kappa shape index (κ1) is 15.0. The van der Waals surface area contributed by atoms with Gasteiger partial charge in [0.25, 0.3) is 5.56 Å². The minimum absolute atomic E-state index is 0.0428. The lowest BCUT2D eigenvalue weighted by Crippen LogP contribution is -2.47. The van der Waals surface area contributed by atoms with Gasteiger partial charge in [-0.2, -0.15) is 0 Å². The maximum Gasteiger partial charge on any atom is 0.293 e. The molecule has 2 atom stereocenters. The van der Waals surface area contributed by atoms with E-state index in [4.69, 9.17) is 0 Å². The van der Waals surface area contributed by atoms with E-state index in [0.717, 1.165) is 25.7 Å². The molecule has 1 fully saturated rings. The van der Waals surface area contributed by atoms with Crippen molar-refractivity contribution in [3.8, 4) is 0 Å². The maximum absolute atomic E-state index is 12.3. The third-order valence-electron chi connectivity index (χ3n) is 4.16. The van der Waals surface area contributed by atoms with Crippen molar-refractivity contribution < 1.29 is 5.11 Å². The van der Waals surface area contributed by atoms with Crippen LogP contribution in [-0.4, -0.2) is 26.8 Å². The number of nitrogens with one attached hydrogen (secondary N) is 1. The topological polar surface area (TPSA) is 67.2 Å². The number of hydrogen-bond donors (Lipinski definition) is 2. The Kier molecular flexibility index (Phi) is 4.81. The predicted molar refractivity (Wildman–Crippen MR) is 79.9 cm³/mol. The highest BCUT2D eigenvalue weighted by Gasteiger charge is 2.35. The van der Waals surface area contributed by atoms with E-state index < -0.39 is 5.54 Å². The number of nitrogens with zero attached hydrogens (tertiary/aromatic N) is 2. The third-order valence-corrected chi connectivity index (χ3v) is 4.16. The molecule has 1 aliphatic carbocycles. The lowest BCUT2D eigenvalue weighted by atomic mass is 9.77. The minimum Gasteiger partial charge on any atom is -0.394 e. The number of aromatic nitrogens is 2. The van der Waals surface area contributed by atoms with Crippen LogP contribution in [0.2, 0.25) is 0 Å². The molecule has 112 valence electrons. The molecule has 0 radical (unpaired) electrons. The van der Waals surface area contributed by atoms with Crippen molar-refractivity contribution in [2.45, 2.75) is 58.0 Å².